The summed E-state index contributed by atoms with van der Waals surface area (Å²) in [6.45, 7) is 7.05. The molecule has 0 spiro atoms. The molecule has 0 radical (unpaired) electrons. The third-order valence-corrected chi connectivity index (χ3v) is 4.42. The van der Waals surface area contributed by atoms with Gasteiger partial charge in [0.15, 0.2) is 0 Å². The maximum absolute atomic E-state index is 2.36. The van der Waals surface area contributed by atoms with Gasteiger partial charge in [-0.1, -0.05) is 46.5 Å². The molecule has 15 heavy (non-hydrogen) atoms. The van der Waals surface area contributed by atoms with Crippen LogP contribution in [0.4, 0.5) is 0 Å². The van der Waals surface area contributed by atoms with Gasteiger partial charge in [-0.15, -0.1) is 0 Å². The molecule has 1 rings (SSSR count). The van der Waals surface area contributed by atoms with Gasteiger partial charge in [0.2, 0.25) is 0 Å². The van der Waals surface area contributed by atoms with Gasteiger partial charge >= 0.3 is 0 Å². The number of hydrogen-bond donors (Lipinski definition) is 0. The van der Waals surface area contributed by atoms with Crippen molar-refractivity contribution in [2.75, 3.05) is 0 Å². The van der Waals surface area contributed by atoms with Crippen molar-refractivity contribution >= 4 is 0 Å². The van der Waals surface area contributed by atoms with E-state index in [0.29, 0.717) is 0 Å². The summed E-state index contributed by atoms with van der Waals surface area (Å²) in [6, 6.07) is 0. The molecule has 0 saturated heterocycles. The van der Waals surface area contributed by atoms with Crippen LogP contribution in [0.1, 0.15) is 85.0 Å². The van der Waals surface area contributed by atoms with Crippen molar-refractivity contribution in [1.29, 1.82) is 0 Å². The van der Waals surface area contributed by atoms with E-state index in [1.165, 1.54) is 64.2 Å². The summed E-state index contributed by atoms with van der Waals surface area (Å²) in [5.74, 6) is 1.07. The number of hydrogen-bond acceptors (Lipinski definition) is 0. The van der Waals surface area contributed by atoms with Crippen LogP contribution in [-0.4, -0.2) is 0 Å². The highest BCUT2D eigenvalue weighted by molar-refractivity contribution is 4.85. The average molecular weight is 210 g/mol. The normalized spacial score (nSPS) is 21.8. The molecule has 1 saturated carbocycles. The summed E-state index contributed by atoms with van der Waals surface area (Å²) >= 11 is 0. The lowest BCUT2D eigenvalue weighted by molar-refractivity contribution is 0.118. The van der Waals surface area contributed by atoms with E-state index in [9.17, 15) is 0 Å². The molecule has 0 heterocycles. The van der Waals surface area contributed by atoms with Crippen LogP contribution in [0.5, 0.6) is 0 Å². The summed E-state index contributed by atoms with van der Waals surface area (Å²) in [5.41, 5.74) is 0.758. The fourth-order valence-electron chi connectivity index (χ4n) is 3.67. The molecule has 90 valence electrons. The SMILES string of the molecule is CCCC1CCC(CCC)(CCC)CC1. The zero-order valence-corrected chi connectivity index (χ0v) is 11.1. The van der Waals surface area contributed by atoms with Crippen LogP contribution < -0.4 is 0 Å². The molecule has 0 nitrogen and oxygen atoms in total. The van der Waals surface area contributed by atoms with Crippen molar-refractivity contribution in [2.45, 2.75) is 85.0 Å². The van der Waals surface area contributed by atoms with E-state index in [2.05, 4.69) is 20.8 Å². The predicted octanol–water partition coefficient (Wildman–Crippen LogP) is 5.56. The van der Waals surface area contributed by atoms with E-state index in [1.54, 1.807) is 0 Å². The first-order valence-corrected chi connectivity index (χ1v) is 7.26. The molecular formula is C15H30. The van der Waals surface area contributed by atoms with E-state index < -0.39 is 0 Å². The number of rotatable bonds is 6. The third kappa shape index (κ3) is 3.81. The highest BCUT2D eigenvalue weighted by Gasteiger charge is 2.33. The molecule has 0 aromatic rings. The minimum atomic E-state index is 0.758. The van der Waals surface area contributed by atoms with Crippen LogP contribution in [0.15, 0.2) is 0 Å². The van der Waals surface area contributed by atoms with Crippen molar-refractivity contribution in [3.63, 3.8) is 0 Å². The van der Waals surface area contributed by atoms with Crippen molar-refractivity contribution in [1.82, 2.24) is 0 Å². The first kappa shape index (κ1) is 13.1. The minimum absolute atomic E-state index is 0.758. The monoisotopic (exact) mass is 210 g/mol. The van der Waals surface area contributed by atoms with Crippen LogP contribution in [0.3, 0.4) is 0 Å². The fraction of sp³-hybridized carbons (Fsp3) is 1.00. The lowest BCUT2D eigenvalue weighted by Gasteiger charge is -2.40. The Bertz CT molecular complexity index is 143. The lowest BCUT2D eigenvalue weighted by atomic mass is 9.65. The van der Waals surface area contributed by atoms with Crippen LogP contribution in [-0.2, 0) is 0 Å². The molecule has 1 aliphatic rings. The molecule has 0 unspecified atom stereocenters. The van der Waals surface area contributed by atoms with Crippen molar-refractivity contribution in [2.24, 2.45) is 11.3 Å². The second-order valence-electron chi connectivity index (χ2n) is 5.73. The molecule has 0 aromatic heterocycles. The van der Waals surface area contributed by atoms with Gasteiger partial charge in [0.25, 0.3) is 0 Å². The summed E-state index contributed by atoms with van der Waals surface area (Å²) in [5, 5.41) is 0. The van der Waals surface area contributed by atoms with Gasteiger partial charge in [0, 0.05) is 0 Å². The molecule has 0 heteroatoms. The second kappa shape index (κ2) is 6.55. The Labute approximate surface area is 96.8 Å². The van der Waals surface area contributed by atoms with Gasteiger partial charge in [-0.25, -0.2) is 0 Å². The Balaban J connectivity index is 2.41. The maximum atomic E-state index is 2.36. The average Bonchev–Trinajstić information content (AvgIpc) is 2.23. The van der Waals surface area contributed by atoms with Crippen molar-refractivity contribution in [3.05, 3.63) is 0 Å². The third-order valence-electron chi connectivity index (χ3n) is 4.42. The Kier molecular flexibility index (Phi) is 5.71. The van der Waals surface area contributed by atoms with Crippen LogP contribution >= 0.6 is 0 Å². The first-order valence-electron chi connectivity index (χ1n) is 7.26. The van der Waals surface area contributed by atoms with Crippen molar-refractivity contribution in [3.8, 4) is 0 Å². The van der Waals surface area contributed by atoms with Crippen LogP contribution in [0.2, 0.25) is 0 Å². The second-order valence-corrected chi connectivity index (χ2v) is 5.73. The van der Waals surface area contributed by atoms with Gasteiger partial charge in [-0.3, -0.25) is 0 Å². The van der Waals surface area contributed by atoms with Gasteiger partial charge in [-0.05, 0) is 49.9 Å². The van der Waals surface area contributed by atoms with Gasteiger partial charge in [0.05, 0.1) is 0 Å². The van der Waals surface area contributed by atoms with E-state index in [4.69, 9.17) is 0 Å². The highest BCUT2D eigenvalue weighted by Crippen LogP contribution is 2.46. The van der Waals surface area contributed by atoms with Gasteiger partial charge in [-0.2, -0.15) is 0 Å². The lowest BCUT2D eigenvalue weighted by Crippen LogP contribution is -2.27. The molecule has 0 atom stereocenters. The molecule has 0 aliphatic heterocycles. The van der Waals surface area contributed by atoms with Gasteiger partial charge < -0.3 is 0 Å². The minimum Gasteiger partial charge on any atom is -0.0654 e. The van der Waals surface area contributed by atoms with E-state index >= 15 is 0 Å². The summed E-state index contributed by atoms with van der Waals surface area (Å²) in [4.78, 5) is 0. The zero-order chi connectivity index (χ0) is 11.1. The Morgan fingerprint density at radius 2 is 1.40 bits per heavy atom. The maximum Gasteiger partial charge on any atom is -0.0297 e. The zero-order valence-electron chi connectivity index (χ0n) is 11.1. The molecule has 0 aromatic carbocycles. The Morgan fingerprint density at radius 3 is 1.80 bits per heavy atom. The standard InChI is InChI=1S/C15H30/c1-4-7-14-8-12-15(10-5-2,11-6-3)13-9-14/h14H,4-13H2,1-3H3. The van der Waals surface area contributed by atoms with E-state index in [1.807, 2.05) is 0 Å². The largest absolute Gasteiger partial charge is 0.0654 e. The van der Waals surface area contributed by atoms with E-state index in [0.717, 1.165) is 11.3 Å². The van der Waals surface area contributed by atoms with Crippen LogP contribution in [0.25, 0.3) is 0 Å². The molecule has 1 fully saturated rings. The molecular weight excluding hydrogens is 180 g/mol. The summed E-state index contributed by atoms with van der Waals surface area (Å²) in [7, 11) is 0. The molecule has 0 bridgehead atoms. The summed E-state index contributed by atoms with van der Waals surface area (Å²) in [6.07, 6.45) is 14.7. The Hall–Kier alpha value is 0. The fourth-order valence-corrected chi connectivity index (χ4v) is 3.67. The molecule has 0 N–H and O–H groups in total. The quantitative estimate of drug-likeness (QED) is 0.538. The van der Waals surface area contributed by atoms with Crippen LogP contribution in [0, 0.1) is 11.3 Å². The van der Waals surface area contributed by atoms with E-state index in [-0.39, 0.29) is 0 Å². The Morgan fingerprint density at radius 1 is 0.867 bits per heavy atom. The first-order chi connectivity index (χ1) is 7.26. The highest BCUT2D eigenvalue weighted by atomic mass is 14.4. The molecule has 0 amide bonds. The predicted molar refractivity (Wildman–Crippen MR) is 69.1 cm³/mol. The topological polar surface area (TPSA) is 0 Å². The van der Waals surface area contributed by atoms with Gasteiger partial charge in [0.1, 0.15) is 0 Å². The summed E-state index contributed by atoms with van der Waals surface area (Å²) < 4.78 is 0. The van der Waals surface area contributed by atoms with Crippen molar-refractivity contribution < 1.29 is 0 Å². The molecule has 1 aliphatic carbocycles. The smallest absolute Gasteiger partial charge is 0.0297 e.